The molecule has 0 bridgehead atoms. The van der Waals surface area contributed by atoms with Gasteiger partial charge in [-0.2, -0.15) is 0 Å². The van der Waals surface area contributed by atoms with Crippen LogP contribution in [-0.4, -0.2) is 32.2 Å². The van der Waals surface area contributed by atoms with Crippen LogP contribution in [0.3, 0.4) is 0 Å². The van der Waals surface area contributed by atoms with E-state index in [1.54, 1.807) is 12.1 Å². The molecule has 1 aliphatic heterocycles. The Balaban J connectivity index is 1.62. The van der Waals surface area contributed by atoms with Crippen LogP contribution >= 0.6 is 11.6 Å². The van der Waals surface area contributed by atoms with E-state index in [2.05, 4.69) is 17.4 Å². The van der Waals surface area contributed by atoms with Crippen molar-refractivity contribution in [3.8, 4) is 0 Å². The molecule has 0 aliphatic carbocycles. The third-order valence-corrected chi connectivity index (χ3v) is 4.55. The Kier molecular flexibility index (Phi) is 5.51. The van der Waals surface area contributed by atoms with Gasteiger partial charge in [0.15, 0.2) is 0 Å². The molecule has 2 aromatic carbocycles. The molecule has 1 saturated heterocycles. The summed E-state index contributed by atoms with van der Waals surface area (Å²) in [6.45, 7) is 6.69. The molecule has 2 N–H and O–H groups in total. The molecule has 3 rings (SSSR count). The van der Waals surface area contributed by atoms with Gasteiger partial charge in [0.25, 0.3) is 5.91 Å². The topological polar surface area (TPSA) is 42.8 Å². The molecule has 4 nitrogen and oxygen atoms in total. The summed E-state index contributed by atoms with van der Waals surface area (Å²) in [5.41, 5.74) is 3.56. The number of anilines is 1. The van der Waals surface area contributed by atoms with Crippen LogP contribution in [0.2, 0.25) is 5.02 Å². The fourth-order valence-electron chi connectivity index (χ4n) is 2.83. The zero-order valence-corrected chi connectivity index (χ0v) is 14.5. The third-order valence-electron chi connectivity index (χ3n) is 4.24. The maximum Gasteiger partial charge on any atom is 0.257 e. The molecular weight excluding hydrogens is 324 g/mol. The lowest BCUT2D eigenvalue weighted by atomic mass is 10.1. The Labute approximate surface area is 147 Å². The highest BCUT2D eigenvalue weighted by Gasteiger charge is 2.14. The van der Waals surface area contributed by atoms with Crippen LogP contribution in [0.1, 0.15) is 21.5 Å². The van der Waals surface area contributed by atoms with Crippen LogP contribution < -0.4 is 10.2 Å². The molecule has 1 fully saturated rings. The van der Waals surface area contributed by atoms with Crippen molar-refractivity contribution in [1.29, 1.82) is 0 Å². The second kappa shape index (κ2) is 7.79. The second-order valence-corrected chi connectivity index (χ2v) is 6.58. The van der Waals surface area contributed by atoms with Gasteiger partial charge in [0.2, 0.25) is 0 Å². The van der Waals surface area contributed by atoms with Crippen molar-refractivity contribution in [3.05, 3.63) is 64.2 Å². The molecular formula is C19H22ClN2O2+. The largest absolute Gasteiger partial charge is 0.370 e. The van der Waals surface area contributed by atoms with E-state index in [0.29, 0.717) is 10.6 Å². The summed E-state index contributed by atoms with van der Waals surface area (Å²) in [5.74, 6) is -0.188. The number of ether oxygens (including phenoxy) is 1. The van der Waals surface area contributed by atoms with Gasteiger partial charge in [0, 0.05) is 11.3 Å². The molecule has 1 amide bonds. The molecule has 1 heterocycles. The SMILES string of the molecule is Cc1ccc(C(=O)Nc2ccc(C[NH+]3CCOCC3)cc2)c(Cl)c1. The molecule has 2 aromatic rings. The number of carbonyl (C=O) groups is 1. The molecule has 0 aromatic heterocycles. The number of benzene rings is 2. The summed E-state index contributed by atoms with van der Waals surface area (Å²) in [6.07, 6.45) is 0. The normalized spacial score (nSPS) is 15.2. The zero-order valence-electron chi connectivity index (χ0n) is 13.8. The number of hydrogen-bond acceptors (Lipinski definition) is 2. The van der Waals surface area contributed by atoms with Gasteiger partial charge in [-0.15, -0.1) is 0 Å². The molecule has 0 radical (unpaired) electrons. The van der Waals surface area contributed by atoms with Gasteiger partial charge in [-0.25, -0.2) is 0 Å². The first-order valence-electron chi connectivity index (χ1n) is 8.19. The summed E-state index contributed by atoms with van der Waals surface area (Å²) in [4.78, 5) is 13.9. The van der Waals surface area contributed by atoms with Gasteiger partial charge in [0.1, 0.15) is 19.6 Å². The minimum Gasteiger partial charge on any atom is -0.370 e. The van der Waals surface area contributed by atoms with E-state index in [9.17, 15) is 4.79 Å². The highest BCUT2D eigenvalue weighted by molar-refractivity contribution is 6.34. The van der Waals surface area contributed by atoms with E-state index in [1.807, 2.05) is 25.1 Å². The highest BCUT2D eigenvalue weighted by Crippen LogP contribution is 2.19. The van der Waals surface area contributed by atoms with E-state index in [0.717, 1.165) is 44.1 Å². The zero-order chi connectivity index (χ0) is 16.9. The first kappa shape index (κ1) is 17.0. The average Bonchev–Trinajstić information content (AvgIpc) is 2.57. The number of hydrogen-bond donors (Lipinski definition) is 2. The molecule has 0 spiro atoms. The van der Waals surface area contributed by atoms with Crippen LogP contribution in [-0.2, 0) is 11.3 Å². The summed E-state index contributed by atoms with van der Waals surface area (Å²) in [7, 11) is 0. The monoisotopic (exact) mass is 345 g/mol. The Morgan fingerprint density at radius 1 is 1.17 bits per heavy atom. The Bertz CT molecular complexity index is 710. The van der Waals surface area contributed by atoms with Crippen LogP contribution in [0.5, 0.6) is 0 Å². The number of morpholine rings is 1. The lowest BCUT2D eigenvalue weighted by Crippen LogP contribution is -3.12. The van der Waals surface area contributed by atoms with E-state index in [-0.39, 0.29) is 5.91 Å². The van der Waals surface area contributed by atoms with Gasteiger partial charge in [0.05, 0.1) is 23.8 Å². The van der Waals surface area contributed by atoms with Crippen LogP contribution in [0.15, 0.2) is 42.5 Å². The summed E-state index contributed by atoms with van der Waals surface area (Å²) in [5, 5.41) is 3.37. The first-order chi connectivity index (χ1) is 11.6. The predicted octanol–water partition coefficient (Wildman–Crippen LogP) is 2.32. The number of rotatable bonds is 4. The number of quaternary nitrogens is 1. The predicted molar refractivity (Wildman–Crippen MR) is 95.8 cm³/mol. The van der Waals surface area contributed by atoms with Gasteiger partial charge < -0.3 is 15.0 Å². The van der Waals surface area contributed by atoms with Crippen molar-refractivity contribution < 1.29 is 14.4 Å². The maximum atomic E-state index is 12.3. The van der Waals surface area contributed by atoms with Gasteiger partial charge in [-0.3, -0.25) is 4.79 Å². The second-order valence-electron chi connectivity index (χ2n) is 6.17. The van der Waals surface area contributed by atoms with Gasteiger partial charge in [-0.1, -0.05) is 29.8 Å². The van der Waals surface area contributed by atoms with Crippen molar-refractivity contribution >= 4 is 23.2 Å². The maximum absolute atomic E-state index is 12.3. The minimum absolute atomic E-state index is 0.188. The molecule has 0 atom stereocenters. The number of amides is 1. The lowest BCUT2D eigenvalue weighted by Gasteiger charge is -2.23. The fourth-order valence-corrected chi connectivity index (χ4v) is 3.16. The standard InChI is InChI=1S/C19H21ClN2O2/c1-14-2-7-17(18(20)12-14)19(23)21-16-5-3-15(4-6-16)13-22-8-10-24-11-9-22/h2-7,12H,8-11,13H2,1H3,(H,21,23)/p+1. The van der Waals surface area contributed by atoms with Crippen LogP contribution in [0, 0.1) is 6.92 Å². The minimum atomic E-state index is -0.188. The number of halogens is 1. The summed E-state index contributed by atoms with van der Waals surface area (Å²) in [6, 6.07) is 13.4. The lowest BCUT2D eigenvalue weighted by molar-refractivity contribution is -0.921. The number of aryl methyl sites for hydroxylation is 1. The molecule has 1 aliphatic rings. The molecule has 126 valence electrons. The van der Waals surface area contributed by atoms with Crippen molar-refractivity contribution in [1.82, 2.24) is 0 Å². The summed E-state index contributed by atoms with van der Waals surface area (Å²) < 4.78 is 5.38. The Morgan fingerprint density at radius 3 is 2.54 bits per heavy atom. The van der Waals surface area contributed by atoms with Crippen LogP contribution in [0.4, 0.5) is 5.69 Å². The number of carbonyl (C=O) groups excluding carboxylic acids is 1. The van der Waals surface area contributed by atoms with Crippen molar-refractivity contribution in [2.24, 2.45) is 0 Å². The third kappa shape index (κ3) is 4.35. The first-order valence-corrected chi connectivity index (χ1v) is 8.57. The quantitative estimate of drug-likeness (QED) is 0.893. The molecule has 0 saturated carbocycles. The van der Waals surface area contributed by atoms with E-state index < -0.39 is 0 Å². The van der Waals surface area contributed by atoms with E-state index in [4.69, 9.17) is 16.3 Å². The van der Waals surface area contributed by atoms with Gasteiger partial charge in [-0.05, 0) is 36.8 Å². The van der Waals surface area contributed by atoms with Gasteiger partial charge >= 0.3 is 0 Å². The highest BCUT2D eigenvalue weighted by atomic mass is 35.5. The van der Waals surface area contributed by atoms with Crippen LogP contribution in [0.25, 0.3) is 0 Å². The van der Waals surface area contributed by atoms with Crippen molar-refractivity contribution in [2.45, 2.75) is 13.5 Å². The molecule has 24 heavy (non-hydrogen) atoms. The van der Waals surface area contributed by atoms with Crippen molar-refractivity contribution in [2.75, 3.05) is 31.6 Å². The molecule has 5 heteroatoms. The van der Waals surface area contributed by atoms with E-state index >= 15 is 0 Å². The smallest absolute Gasteiger partial charge is 0.257 e. The fraction of sp³-hybridized carbons (Fsp3) is 0.316. The number of nitrogens with one attached hydrogen (secondary N) is 2. The van der Waals surface area contributed by atoms with E-state index in [1.165, 1.54) is 10.5 Å². The Morgan fingerprint density at radius 2 is 1.88 bits per heavy atom. The average molecular weight is 346 g/mol. The summed E-state index contributed by atoms with van der Waals surface area (Å²) >= 11 is 6.15. The Hall–Kier alpha value is -1.88. The van der Waals surface area contributed by atoms with Crippen molar-refractivity contribution in [3.63, 3.8) is 0 Å². The molecule has 0 unspecified atom stereocenters.